The lowest BCUT2D eigenvalue weighted by molar-refractivity contribution is -0.141. The van der Waals surface area contributed by atoms with Crippen LogP contribution in [-0.2, 0) is 12.6 Å². The first-order valence-electron chi connectivity index (χ1n) is 6.52. The average molecular weight is 296 g/mol. The number of pyridine rings is 1. The van der Waals surface area contributed by atoms with E-state index in [2.05, 4.69) is 10.3 Å². The molecule has 6 heteroatoms. The van der Waals surface area contributed by atoms with E-state index >= 15 is 0 Å². The van der Waals surface area contributed by atoms with Gasteiger partial charge < -0.3 is 5.32 Å². The van der Waals surface area contributed by atoms with Crippen molar-refractivity contribution in [2.75, 3.05) is 5.32 Å². The molecule has 2 aromatic rings. The van der Waals surface area contributed by atoms with Crippen molar-refractivity contribution in [3.63, 3.8) is 0 Å². The van der Waals surface area contributed by atoms with E-state index in [1.54, 1.807) is 6.07 Å². The second-order valence-corrected chi connectivity index (χ2v) is 4.98. The van der Waals surface area contributed by atoms with Crippen LogP contribution in [0.25, 0.3) is 0 Å². The molecule has 0 saturated heterocycles. The van der Waals surface area contributed by atoms with Gasteiger partial charge in [0.2, 0.25) is 0 Å². The summed E-state index contributed by atoms with van der Waals surface area (Å²) in [5, 5.41) is 2.96. The number of halogens is 4. The van der Waals surface area contributed by atoms with Crippen LogP contribution in [0.1, 0.15) is 29.3 Å². The van der Waals surface area contributed by atoms with Crippen LogP contribution in [-0.4, -0.2) is 4.98 Å². The maximum absolute atomic E-state index is 13.3. The minimum Gasteiger partial charge on any atom is -0.363 e. The number of benzene rings is 1. The van der Waals surface area contributed by atoms with Gasteiger partial charge in [0.15, 0.2) is 0 Å². The smallest absolute Gasteiger partial charge is 0.363 e. The molecule has 110 valence electrons. The number of nitrogens with one attached hydrogen (secondary N) is 1. The van der Waals surface area contributed by atoms with Crippen molar-refractivity contribution in [3.8, 4) is 0 Å². The number of rotatable bonds is 2. The molecule has 3 rings (SSSR count). The minimum atomic E-state index is -4.47. The van der Waals surface area contributed by atoms with Gasteiger partial charge in [0.05, 0.1) is 6.04 Å². The Hall–Kier alpha value is -2.11. The van der Waals surface area contributed by atoms with Crippen molar-refractivity contribution in [1.29, 1.82) is 0 Å². The summed E-state index contributed by atoms with van der Waals surface area (Å²) in [6.07, 6.45) is -3.00. The molecule has 1 aliphatic carbocycles. The molecule has 0 saturated carbocycles. The maximum atomic E-state index is 13.3. The van der Waals surface area contributed by atoms with Crippen LogP contribution in [0, 0.1) is 5.82 Å². The molecule has 0 aliphatic heterocycles. The Kier molecular flexibility index (Phi) is 3.31. The van der Waals surface area contributed by atoms with E-state index < -0.39 is 11.9 Å². The lowest BCUT2D eigenvalue weighted by Gasteiger charge is -2.16. The summed E-state index contributed by atoms with van der Waals surface area (Å²) in [4.78, 5) is 3.57. The third kappa shape index (κ3) is 2.84. The van der Waals surface area contributed by atoms with Gasteiger partial charge in [0.25, 0.3) is 0 Å². The lowest BCUT2D eigenvalue weighted by Crippen LogP contribution is -2.12. The Labute approximate surface area is 118 Å². The monoisotopic (exact) mass is 296 g/mol. The largest absolute Gasteiger partial charge is 0.433 e. The van der Waals surface area contributed by atoms with E-state index in [0.29, 0.717) is 6.42 Å². The molecule has 1 aliphatic rings. The number of aromatic nitrogens is 1. The fourth-order valence-corrected chi connectivity index (χ4v) is 2.57. The minimum absolute atomic E-state index is 0.145. The molecule has 1 atom stereocenters. The van der Waals surface area contributed by atoms with Crippen LogP contribution in [0.5, 0.6) is 0 Å². The first-order chi connectivity index (χ1) is 9.93. The molecule has 0 radical (unpaired) electrons. The van der Waals surface area contributed by atoms with Crippen molar-refractivity contribution in [2.45, 2.75) is 25.1 Å². The van der Waals surface area contributed by atoms with Gasteiger partial charge in [-0.1, -0.05) is 12.1 Å². The summed E-state index contributed by atoms with van der Waals surface area (Å²) in [5.74, 6) is -0.202. The van der Waals surface area contributed by atoms with E-state index in [9.17, 15) is 17.6 Å². The normalized spacial score (nSPS) is 17.6. The second-order valence-electron chi connectivity index (χ2n) is 4.98. The van der Waals surface area contributed by atoms with Gasteiger partial charge >= 0.3 is 6.18 Å². The van der Waals surface area contributed by atoms with Crippen LogP contribution in [0.4, 0.5) is 23.4 Å². The fourth-order valence-electron chi connectivity index (χ4n) is 2.57. The Balaban J connectivity index is 1.85. The summed E-state index contributed by atoms with van der Waals surface area (Å²) in [6.45, 7) is 0. The van der Waals surface area contributed by atoms with E-state index in [4.69, 9.17) is 0 Å². The zero-order valence-corrected chi connectivity index (χ0v) is 10.9. The van der Waals surface area contributed by atoms with Crippen LogP contribution >= 0.6 is 0 Å². The summed E-state index contributed by atoms with van der Waals surface area (Å²) < 4.78 is 51.2. The molecular weight excluding hydrogens is 284 g/mol. The van der Waals surface area contributed by atoms with Gasteiger partial charge in [-0.2, -0.15) is 13.2 Å². The first-order valence-corrected chi connectivity index (χ1v) is 6.52. The molecule has 0 bridgehead atoms. The molecule has 1 N–H and O–H groups in total. The van der Waals surface area contributed by atoms with Crippen LogP contribution < -0.4 is 5.32 Å². The van der Waals surface area contributed by atoms with Crippen molar-refractivity contribution in [3.05, 3.63) is 59.0 Å². The highest BCUT2D eigenvalue weighted by molar-refractivity contribution is 5.44. The zero-order chi connectivity index (χ0) is 15.0. The van der Waals surface area contributed by atoms with Crippen molar-refractivity contribution < 1.29 is 17.6 Å². The van der Waals surface area contributed by atoms with Gasteiger partial charge in [-0.3, -0.25) is 0 Å². The Morgan fingerprint density at radius 3 is 2.71 bits per heavy atom. The number of alkyl halides is 3. The van der Waals surface area contributed by atoms with Gasteiger partial charge in [-0.15, -0.1) is 0 Å². The molecule has 2 nitrogen and oxygen atoms in total. The Morgan fingerprint density at radius 1 is 1.14 bits per heavy atom. The quantitative estimate of drug-likeness (QED) is 0.834. The first kappa shape index (κ1) is 13.9. The number of hydrogen-bond acceptors (Lipinski definition) is 2. The maximum Gasteiger partial charge on any atom is 0.433 e. The third-order valence-corrected chi connectivity index (χ3v) is 3.55. The standard InChI is InChI=1S/C15H12F4N2/c16-10-6-4-9-5-7-12(11(9)8-10)20-14-3-1-2-13(21-14)15(17,18)19/h1-4,6,8,12H,5,7H2,(H,20,21). The average Bonchev–Trinajstić information content (AvgIpc) is 2.81. The van der Waals surface area contributed by atoms with Gasteiger partial charge in [0, 0.05) is 0 Å². The second kappa shape index (κ2) is 5.02. The van der Waals surface area contributed by atoms with Crippen molar-refractivity contribution in [2.24, 2.45) is 0 Å². The molecule has 0 amide bonds. The number of aryl methyl sites for hydroxylation is 1. The van der Waals surface area contributed by atoms with Crippen LogP contribution in [0.2, 0.25) is 0 Å². The summed E-state index contributed by atoms with van der Waals surface area (Å²) in [7, 11) is 0. The zero-order valence-electron chi connectivity index (χ0n) is 10.9. The molecule has 0 fully saturated rings. The van der Waals surface area contributed by atoms with Gasteiger partial charge in [-0.25, -0.2) is 9.37 Å². The highest BCUT2D eigenvalue weighted by atomic mass is 19.4. The summed E-state index contributed by atoms with van der Waals surface area (Å²) in [6, 6.07) is 8.02. The number of anilines is 1. The third-order valence-electron chi connectivity index (χ3n) is 3.55. The summed E-state index contributed by atoms with van der Waals surface area (Å²) in [5.41, 5.74) is 0.861. The Morgan fingerprint density at radius 2 is 1.95 bits per heavy atom. The summed E-state index contributed by atoms with van der Waals surface area (Å²) >= 11 is 0. The fraction of sp³-hybridized carbons (Fsp3) is 0.267. The molecule has 1 aromatic heterocycles. The molecule has 0 spiro atoms. The van der Waals surface area contributed by atoms with E-state index in [1.165, 1.54) is 24.3 Å². The van der Waals surface area contributed by atoms with E-state index in [1.807, 2.05) is 0 Å². The number of fused-ring (bicyclic) bond motifs is 1. The number of hydrogen-bond donors (Lipinski definition) is 1. The van der Waals surface area contributed by atoms with E-state index in [0.717, 1.165) is 23.6 Å². The number of nitrogens with zero attached hydrogens (tertiary/aromatic N) is 1. The SMILES string of the molecule is Fc1ccc2c(c1)C(Nc1cccc(C(F)(F)F)n1)CC2. The molecular formula is C15H12F4N2. The van der Waals surface area contributed by atoms with Crippen molar-refractivity contribution in [1.82, 2.24) is 4.98 Å². The molecule has 1 aromatic carbocycles. The van der Waals surface area contributed by atoms with Gasteiger partial charge in [0.1, 0.15) is 17.3 Å². The van der Waals surface area contributed by atoms with E-state index in [-0.39, 0.29) is 17.7 Å². The van der Waals surface area contributed by atoms with Crippen LogP contribution in [0.15, 0.2) is 36.4 Å². The topological polar surface area (TPSA) is 24.9 Å². The predicted molar refractivity (Wildman–Crippen MR) is 70.3 cm³/mol. The van der Waals surface area contributed by atoms with Gasteiger partial charge in [-0.05, 0) is 48.2 Å². The molecule has 1 unspecified atom stereocenters. The lowest BCUT2D eigenvalue weighted by atomic mass is 10.1. The highest BCUT2D eigenvalue weighted by Gasteiger charge is 2.32. The molecule has 21 heavy (non-hydrogen) atoms. The van der Waals surface area contributed by atoms with Crippen molar-refractivity contribution >= 4 is 5.82 Å². The molecule has 1 heterocycles. The van der Waals surface area contributed by atoms with Crippen LogP contribution in [0.3, 0.4) is 0 Å². The Bertz CT molecular complexity index is 667. The highest BCUT2D eigenvalue weighted by Crippen LogP contribution is 2.34. The predicted octanol–water partition coefficient (Wildman–Crippen LogP) is 4.34.